The molecule has 0 atom stereocenters. The van der Waals surface area contributed by atoms with E-state index in [2.05, 4.69) is 9.97 Å². The highest BCUT2D eigenvalue weighted by atomic mass is 32.1. The van der Waals surface area contributed by atoms with Gasteiger partial charge in [0.25, 0.3) is 0 Å². The van der Waals surface area contributed by atoms with Crippen LogP contribution in [0.2, 0.25) is 0 Å². The summed E-state index contributed by atoms with van der Waals surface area (Å²) in [5.74, 6) is -0.281. The fourth-order valence-corrected chi connectivity index (χ4v) is 2.35. The number of hydrogen-bond acceptors (Lipinski definition) is 5. The molecule has 0 radical (unpaired) electrons. The Kier molecular flexibility index (Phi) is 2.74. The maximum absolute atomic E-state index is 11.5. The Morgan fingerprint density at radius 3 is 2.94 bits per heavy atom. The number of Topliss-reactive ketones (excluding diaryl/α,β-unsaturated/α-hetero) is 1. The van der Waals surface area contributed by atoms with Gasteiger partial charge in [-0.05, 0) is 0 Å². The van der Waals surface area contributed by atoms with E-state index in [0.29, 0.717) is 16.3 Å². The Bertz CT molecular complexity index is 530. The van der Waals surface area contributed by atoms with Crippen LogP contribution >= 0.6 is 11.3 Å². The van der Waals surface area contributed by atoms with Gasteiger partial charge in [-0.2, -0.15) is 4.98 Å². The Morgan fingerprint density at radius 2 is 2.38 bits per heavy atom. The number of thiazole rings is 1. The number of nitrogens with zero attached hydrogens (tertiary/aromatic N) is 3. The molecule has 2 aromatic rings. The molecule has 6 heteroatoms. The van der Waals surface area contributed by atoms with Gasteiger partial charge in [-0.25, -0.2) is 4.98 Å². The lowest BCUT2D eigenvalue weighted by molar-refractivity contribution is 0.0989. The Morgan fingerprint density at radius 1 is 1.62 bits per heavy atom. The van der Waals surface area contributed by atoms with Crippen LogP contribution in [0.4, 0.5) is 0 Å². The van der Waals surface area contributed by atoms with Gasteiger partial charge in [0.05, 0.1) is 18.2 Å². The van der Waals surface area contributed by atoms with Crippen LogP contribution in [0.3, 0.4) is 0 Å². The molecule has 0 aliphatic rings. The molecule has 5 nitrogen and oxygen atoms in total. The van der Waals surface area contributed by atoms with E-state index < -0.39 is 0 Å². The van der Waals surface area contributed by atoms with E-state index in [1.54, 1.807) is 24.0 Å². The normalized spacial score (nSPS) is 10.6. The van der Waals surface area contributed by atoms with Crippen molar-refractivity contribution in [2.45, 2.75) is 13.3 Å². The van der Waals surface area contributed by atoms with E-state index in [1.165, 1.54) is 11.3 Å². The van der Waals surface area contributed by atoms with Crippen LogP contribution in [0, 0.1) is 0 Å². The molecule has 2 aromatic heterocycles. The summed E-state index contributed by atoms with van der Waals surface area (Å²) in [6.45, 7) is 1.76. The summed E-state index contributed by atoms with van der Waals surface area (Å²) in [7, 11) is 1.84. The van der Waals surface area contributed by atoms with Gasteiger partial charge in [0.15, 0.2) is 5.78 Å². The van der Waals surface area contributed by atoms with Crippen LogP contribution in [0.1, 0.15) is 23.0 Å². The highest BCUT2D eigenvalue weighted by Crippen LogP contribution is 2.32. The van der Waals surface area contributed by atoms with Crippen molar-refractivity contribution >= 4 is 17.1 Å². The standard InChI is InChI=1S/C10H11N3O2S/c1-3-7(14)8-9(15)12-10(16-8)6-4-11-5-13(6)2/h4-5,15H,3H2,1-2H3. The summed E-state index contributed by atoms with van der Waals surface area (Å²) in [5.41, 5.74) is 0.787. The number of carbonyl (C=O) groups excluding carboxylic acids is 1. The van der Waals surface area contributed by atoms with Gasteiger partial charge in [-0.15, -0.1) is 11.3 Å². The zero-order valence-corrected chi connectivity index (χ0v) is 9.78. The average molecular weight is 237 g/mol. The molecule has 1 N–H and O–H groups in total. The average Bonchev–Trinajstić information content (AvgIpc) is 2.83. The summed E-state index contributed by atoms with van der Waals surface area (Å²) in [5, 5.41) is 10.2. The van der Waals surface area contributed by atoms with Crippen LogP contribution < -0.4 is 0 Å². The van der Waals surface area contributed by atoms with Crippen molar-refractivity contribution < 1.29 is 9.90 Å². The molecule has 0 bridgehead atoms. The first kappa shape index (κ1) is 10.8. The fraction of sp³-hybridized carbons (Fsp3) is 0.300. The van der Waals surface area contributed by atoms with Gasteiger partial charge in [-0.1, -0.05) is 6.92 Å². The number of rotatable bonds is 3. The summed E-state index contributed by atoms with van der Waals surface area (Å²) in [6.07, 6.45) is 3.66. The van der Waals surface area contributed by atoms with Crippen LogP contribution in [-0.4, -0.2) is 25.4 Å². The number of aromatic hydroxyl groups is 1. The number of imidazole rings is 1. The number of ketones is 1. The third-order valence-electron chi connectivity index (χ3n) is 2.22. The Balaban J connectivity index is 2.46. The smallest absolute Gasteiger partial charge is 0.233 e. The van der Waals surface area contributed by atoms with Crippen molar-refractivity contribution in [2.75, 3.05) is 0 Å². The van der Waals surface area contributed by atoms with Crippen molar-refractivity contribution in [3.63, 3.8) is 0 Å². The maximum Gasteiger partial charge on any atom is 0.233 e. The molecule has 0 fully saturated rings. The van der Waals surface area contributed by atoms with E-state index in [-0.39, 0.29) is 11.7 Å². The number of carbonyl (C=O) groups is 1. The number of aryl methyl sites for hydroxylation is 1. The van der Waals surface area contributed by atoms with Gasteiger partial charge in [0.2, 0.25) is 5.88 Å². The molecule has 0 saturated carbocycles. The summed E-state index contributed by atoms with van der Waals surface area (Å²) in [6, 6.07) is 0. The molecular weight excluding hydrogens is 226 g/mol. The lowest BCUT2D eigenvalue weighted by atomic mass is 10.3. The monoisotopic (exact) mass is 237 g/mol. The molecular formula is C10H11N3O2S. The second-order valence-corrected chi connectivity index (χ2v) is 4.34. The van der Waals surface area contributed by atoms with Crippen LogP contribution in [0.15, 0.2) is 12.5 Å². The van der Waals surface area contributed by atoms with Crippen LogP contribution in [-0.2, 0) is 7.05 Å². The quantitative estimate of drug-likeness (QED) is 0.827. The van der Waals surface area contributed by atoms with Crippen molar-refractivity contribution in [3.05, 3.63) is 17.4 Å². The predicted octanol–water partition coefficient (Wildman–Crippen LogP) is 1.84. The third kappa shape index (κ3) is 1.71. The molecule has 16 heavy (non-hydrogen) atoms. The highest BCUT2D eigenvalue weighted by molar-refractivity contribution is 7.17. The minimum atomic E-state index is -0.187. The zero-order chi connectivity index (χ0) is 11.7. The molecule has 2 rings (SSSR count). The van der Waals surface area contributed by atoms with E-state index in [9.17, 15) is 9.90 Å². The van der Waals surface area contributed by atoms with Crippen molar-refractivity contribution in [3.8, 4) is 16.6 Å². The van der Waals surface area contributed by atoms with E-state index >= 15 is 0 Å². The minimum Gasteiger partial charge on any atom is -0.492 e. The molecule has 84 valence electrons. The van der Waals surface area contributed by atoms with Gasteiger partial charge < -0.3 is 9.67 Å². The van der Waals surface area contributed by atoms with Crippen molar-refractivity contribution in [2.24, 2.45) is 7.05 Å². The first-order valence-electron chi connectivity index (χ1n) is 4.83. The first-order chi connectivity index (χ1) is 7.63. The molecule has 0 aliphatic heterocycles. The molecule has 0 amide bonds. The summed E-state index contributed by atoms with van der Waals surface area (Å²) in [4.78, 5) is 19.7. The number of hydrogen-bond donors (Lipinski definition) is 1. The topological polar surface area (TPSA) is 68.0 Å². The molecule has 0 spiro atoms. The van der Waals surface area contributed by atoms with E-state index in [4.69, 9.17) is 0 Å². The van der Waals surface area contributed by atoms with Crippen LogP contribution in [0.5, 0.6) is 5.88 Å². The Labute approximate surface area is 96.4 Å². The summed E-state index contributed by atoms with van der Waals surface area (Å²) >= 11 is 1.19. The number of aromatic nitrogens is 3. The molecule has 0 aromatic carbocycles. The van der Waals surface area contributed by atoms with Crippen LogP contribution in [0.25, 0.3) is 10.7 Å². The van der Waals surface area contributed by atoms with Crippen molar-refractivity contribution in [1.29, 1.82) is 0 Å². The Hall–Kier alpha value is -1.69. The van der Waals surface area contributed by atoms with Gasteiger partial charge in [0, 0.05) is 13.5 Å². The fourth-order valence-electron chi connectivity index (χ4n) is 1.33. The second-order valence-electron chi connectivity index (χ2n) is 3.34. The largest absolute Gasteiger partial charge is 0.492 e. The minimum absolute atomic E-state index is 0.0941. The summed E-state index contributed by atoms with van der Waals surface area (Å²) < 4.78 is 1.79. The highest BCUT2D eigenvalue weighted by Gasteiger charge is 2.18. The molecule has 0 aliphatic carbocycles. The lowest BCUT2D eigenvalue weighted by Gasteiger charge is -1.94. The lowest BCUT2D eigenvalue weighted by Crippen LogP contribution is -1.92. The first-order valence-corrected chi connectivity index (χ1v) is 5.64. The SMILES string of the molecule is CCC(=O)c1sc(-c2cncn2C)nc1O. The van der Waals surface area contributed by atoms with Gasteiger partial charge >= 0.3 is 0 Å². The zero-order valence-electron chi connectivity index (χ0n) is 8.97. The molecule has 2 heterocycles. The predicted molar refractivity (Wildman–Crippen MR) is 60.6 cm³/mol. The molecule has 0 saturated heterocycles. The van der Waals surface area contributed by atoms with E-state index in [0.717, 1.165) is 5.69 Å². The van der Waals surface area contributed by atoms with Gasteiger partial charge in [-0.3, -0.25) is 4.79 Å². The third-order valence-corrected chi connectivity index (χ3v) is 3.33. The second kappa shape index (κ2) is 4.05. The molecule has 0 unspecified atom stereocenters. The van der Waals surface area contributed by atoms with Crippen molar-refractivity contribution in [1.82, 2.24) is 14.5 Å². The maximum atomic E-state index is 11.5. The van der Waals surface area contributed by atoms with E-state index in [1.807, 2.05) is 7.05 Å². The van der Waals surface area contributed by atoms with Gasteiger partial charge in [0.1, 0.15) is 9.88 Å².